The fourth-order valence-corrected chi connectivity index (χ4v) is 4.97. The van der Waals surface area contributed by atoms with Crippen LogP contribution in [0.5, 0.6) is 0 Å². The Morgan fingerprint density at radius 1 is 1.06 bits per heavy atom. The Bertz CT molecular complexity index is 621. The molecule has 0 bridgehead atoms. The number of ether oxygens (including phenoxy) is 1. The van der Waals surface area contributed by atoms with Crippen LogP contribution in [0, 0.1) is 23.7 Å². The monoisotopic (exact) mass is 502 g/mol. The number of oxime groups is 1. The fourth-order valence-electron chi connectivity index (χ4n) is 4.97. The maximum Gasteiger partial charge on any atom is 0.129 e. The molecule has 0 aliphatic carbocycles. The third kappa shape index (κ3) is 11.7. The van der Waals surface area contributed by atoms with Crippen LogP contribution in [-0.4, -0.2) is 89.0 Å². The average Bonchev–Trinajstić information content (AvgIpc) is 2.78. The molecule has 0 amide bonds. The molecule has 0 spiro atoms. The van der Waals surface area contributed by atoms with Crippen LogP contribution in [0.1, 0.15) is 81.6 Å². The molecule has 0 fully saturated rings. The number of carbonyl (C=O) groups excluding carboxylic acids is 1. The second kappa shape index (κ2) is 15.9. The quantitative estimate of drug-likeness (QED) is 0.107. The summed E-state index contributed by atoms with van der Waals surface area (Å²) in [5, 5.41) is 37.7. The Balaban J connectivity index is 5.68. The highest BCUT2D eigenvalue weighted by atomic mass is 16.6. The lowest BCUT2D eigenvalue weighted by atomic mass is 9.76. The molecule has 0 heterocycles. The maximum absolute atomic E-state index is 11.2. The second-order valence-electron chi connectivity index (χ2n) is 11.0. The standard InChI is InChI=1S/C27H54N2O6/c1-11-29(12-2)13-14-35-28-24(22(6)25(31)27(9,33)23(7)34-10)21(5)17-26(8,32)16-19(3)15-20(4)18-30/h18-23,25,31-33H,11-17H2,1-10H3/b28-24+/t19-,20?,21+,22?,23+,25?,26-,27+/m0/s1. The van der Waals surface area contributed by atoms with E-state index in [0.717, 1.165) is 32.3 Å². The molecule has 0 aliphatic rings. The van der Waals surface area contributed by atoms with Crippen molar-refractivity contribution in [3.63, 3.8) is 0 Å². The molecular formula is C27H54N2O6. The van der Waals surface area contributed by atoms with Crippen molar-refractivity contribution in [1.29, 1.82) is 0 Å². The summed E-state index contributed by atoms with van der Waals surface area (Å²) < 4.78 is 5.29. The zero-order valence-corrected chi connectivity index (χ0v) is 24.0. The first-order valence-corrected chi connectivity index (χ1v) is 13.2. The van der Waals surface area contributed by atoms with Gasteiger partial charge in [-0.3, -0.25) is 0 Å². The largest absolute Gasteiger partial charge is 0.394 e. The van der Waals surface area contributed by atoms with Gasteiger partial charge in [0.15, 0.2) is 0 Å². The highest BCUT2D eigenvalue weighted by molar-refractivity contribution is 5.88. The number of aliphatic hydroxyl groups is 3. The van der Waals surface area contributed by atoms with Crippen LogP contribution >= 0.6 is 0 Å². The molecule has 0 radical (unpaired) electrons. The molecule has 0 aromatic carbocycles. The molecule has 8 nitrogen and oxygen atoms in total. The number of aliphatic hydroxyl groups excluding tert-OH is 1. The van der Waals surface area contributed by atoms with Crippen molar-refractivity contribution >= 4 is 12.0 Å². The van der Waals surface area contributed by atoms with E-state index in [4.69, 9.17) is 9.57 Å². The fraction of sp³-hybridized carbons (Fsp3) is 0.926. The predicted molar refractivity (Wildman–Crippen MR) is 141 cm³/mol. The van der Waals surface area contributed by atoms with Crippen LogP contribution in [0.15, 0.2) is 5.16 Å². The van der Waals surface area contributed by atoms with Crippen molar-refractivity contribution in [3.8, 4) is 0 Å². The lowest BCUT2D eigenvalue weighted by molar-refractivity contribution is -0.147. The van der Waals surface area contributed by atoms with E-state index in [1.165, 1.54) is 7.11 Å². The van der Waals surface area contributed by atoms with Gasteiger partial charge in [0.1, 0.15) is 18.5 Å². The van der Waals surface area contributed by atoms with E-state index in [9.17, 15) is 20.1 Å². The van der Waals surface area contributed by atoms with Gasteiger partial charge >= 0.3 is 0 Å². The molecule has 8 heteroatoms. The Kier molecular flexibility index (Phi) is 15.4. The number of hydrogen-bond acceptors (Lipinski definition) is 8. The summed E-state index contributed by atoms with van der Waals surface area (Å²) in [6.45, 7) is 19.9. The minimum atomic E-state index is -1.50. The van der Waals surface area contributed by atoms with Crippen LogP contribution in [0.3, 0.4) is 0 Å². The van der Waals surface area contributed by atoms with Crippen molar-refractivity contribution in [3.05, 3.63) is 0 Å². The third-order valence-electron chi connectivity index (χ3n) is 7.32. The van der Waals surface area contributed by atoms with Gasteiger partial charge in [-0.1, -0.05) is 46.7 Å². The highest BCUT2D eigenvalue weighted by Crippen LogP contribution is 2.32. The lowest BCUT2D eigenvalue weighted by Crippen LogP contribution is -2.54. The van der Waals surface area contributed by atoms with Crippen molar-refractivity contribution in [1.82, 2.24) is 4.90 Å². The van der Waals surface area contributed by atoms with Gasteiger partial charge in [0.05, 0.1) is 23.5 Å². The summed E-state index contributed by atoms with van der Waals surface area (Å²) in [7, 11) is 1.49. The zero-order chi connectivity index (χ0) is 27.4. The molecule has 35 heavy (non-hydrogen) atoms. The summed E-state index contributed by atoms with van der Waals surface area (Å²) in [6, 6.07) is 0. The Hall–Kier alpha value is -1.06. The van der Waals surface area contributed by atoms with E-state index in [-0.39, 0.29) is 17.8 Å². The average molecular weight is 503 g/mol. The minimum absolute atomic E-state index is 0.0465. The summed E-state index contributed by atoms with van der Waals surface area (Å²) in [5.41, 5.74) is -1.90. The van der Waals surface area contributed by atoms with Crippen LogP contribution in [-0.2, 0) is 14.4 Å². The second-order valence-corrected chi connectivity index (χ2v) is 11.0. The topological polar surface area (TPSA) is 112 Å². The number of rotatable bonds is 19. The van der Waals surface area contributed by atoms with Gasteiger partial charge in [0, 0.05) is 31.4 Å². The molecule has 0 aromatic rings. The Morgan fingerprint density at radius 3 is 2.11 bits per heavy atom. The van der Waals surface area contributed by atoms with Gasteiger partial charge in [0.25, 0.3) is 0 Å². The summed E-state index contributed by atoms with van der Waals surface area (Å²) in [4.78, 5) is 18.9. The SMILES string of the molecule is CCN(CC)CCO/N=C(/C(C)C(O)[C@](C)(O)[C@@H](C)OC)[C@H](C)C[C@@](C)(O)C[C@@H](C)CC(C)C=O. The van der Waals surface area contributed by atoms with Gasteiger partial charge < -0.3 is 34.6 Å². The van der Waals surface area contributed by atoms with Gasteiger partial charge in [-0.2, -0.15) is 0 Å². The molecule has 8 atom stereocenters. The predicted octanol–water partition coefficient (Wildman–Crippen LogP) is 3.51. The van der Waals surface area contributed by atoms with E-state index in [2.05, 4.69) is 23.9 Å². The van der Waals surface area contributed by atoms with Gasteiger partial charge in [-0.25, -0.2) is 0 Å². The zero-order valence-electron chi connectivity index (χ0n) is 24.0. The summed E-state index contributed by atoms with van der Waals surface area (Å²) >= 11 is 0. The summed E-state index contributed by atoms with van der Waals surface area (Å²) in [6.07, 6.45) is 0.872. The van der Waals surface area contributed by atoms with Crippen LogP contribution in [0.2, 0.25) is 0 Å². The van der Waals surface area contributed by atoms with Crippen LogP contribution in [0.25, 0.3) is 0 Å². The van der Waals surface area contributed by atoms with Crippen LogP contribution in [0.4, 0.5) is 0 Å². The molecule has 0 saturated carbocycles. The van der Waals surface area contributed by atoms with Crippen molar-refractivity contribution in [2.24, 2.45) is 28.8 Å². The molecule has 0 aromatic heterocycles. The van der Waals surface area contributed by atoms with Crippen molar-refractivity contribution in [2.75, 3.05) is 33.4 Å². The number of hydrogen-bond donors (Lipinski definition) is 3. The Labute approximate surface area is 214 Å². The minimum Gasteiger partial charge on any atom is -0.394 e. The summed E-state index contributed by atoms with van der Waals surface area (Å²) in [5.74, 6) is -0.619. The van der Waals surface area contributed by atoms with E-state index in [1.807, 2.05) is 27.7 Å². The van der Waals surface area contributed by atoms with E-state index < -0.39 is 29.3 Å². The first kappa shape index (κ1) is 33.9. The van der Waals surface area contributed by atoms with Gasteiger partial charge in [-0.05, 0) is 59.0 Å². The van der Waals surface area contributed by atoms with E-state index in [0.29, 0.717) is 25.2 Å². The molecule has 0 saturated heterocycles. The first-order valence-electron chi connectivity index (χ1n) is 13.2. The number of aldehydes is 1. The first-order chi connectivity index (χ1) is 16.2. The van der Waals surface area contributed by atoms with E-state index in [1.54, 1.807) is 20.8 Å². The normalized spacial score (nSPS) is 21.4. The molecule has 0 aliphatic heterocycles. The molecule has 3 N–H and O–H groups in total. The van der Waals surface area contributed by atoms with Gasteiger partial charge in [-0.15, -0.1) is 0 Å². The van der Waals surface area contributed by atoms with Crippen molar-refractivity contribution < 1.29 is 29.7 Å². The molecule has 208 valence electrons. The van der Waals surface area contributed by atoms with Crippen molar-refractivity contribution in [2.45, 2.75) is 105 Å². The molecular weight excluding hydrogens is 448 g/mol. The Morgan fingerprint density at radius 2 is 1.63 bits per heavy atom. The lowest BCUT2D eigenvalue weighted by Gasteiger charge is -2.38. The maximum atomic E-state index is 11.2. The number of carbonyl (C=O) groups is 1. The van der Waals surface area contributed by atoms with Crippen LogP contribution < -0.4 is 0 Å². The molecule has 3 unspecified atom stereocenters. The number of likely N-dealkylation sites (N-methyl/N-ethyl adjacent to an activating group) is 1. The number of nitrogens with zero attached hydrogens (tertiary/aromatic N) is 2. The smallest absolute Gasteiger partial charge is 0.129 e. The van der Waals surface area contributed by atoms with E-state index >= 15 is 0 Å². The molecule has 0 rings (SSSR count). The number of methoxy groups -OCH3 is 1. The van der Waals surface area contributed by atoms with Gasteiger partial charge in [0.2, 0.25) is 0 Å². The highest BCUT2D eigenvalue weighted by Gasteiger charge is 2.43. The third-order valence-corrected chi connectivity index (χ3v) is 7.32.